The molecule has 1 heterocycles. The molecule has 2 nitrogen and oxygen atoms in total. The van der Waals surface area contributed by atoms with Crippen molar-refractivity contribution in [3.05, 3.63) is 16.1 Å². The van der Waals surface area contributed by atoms with Gasteiger partial charge in [-0.3, -0.25) is 0 Å². The van der Waals surface area contributed by atoms with E-state index in [0.717, 1.165) is 9.88 Å². The first-order valence-electron chi connectivity index (χ1n) is 5.08. The molecule has 0 amide bonds. The SMILES string of the molecule is CNC(CCCC(F)(F)F)c1cnc(C)s1. The Kier molecular flexibility index (Phi) is 4.73. The lowest BCUT2D eigenvalue weighted by atomic mass is 10.1. The van der Waals surface area contributed by atoms with Crippen LogP contribution in [-0.4, -0.2) is 18.2 Å². The van der Waals surface area contributed by atoms with Gasteiger partial charge < -0.3 is 5.32 Å². The van der Waals surface area contributed by atoms with Gasteiger partial charge in [-0.15, -0.1) is 11.3 Å². The third kappa shape index (κ3) is 4.49. The Labute approximate surface area is 96.9 Å². The lowest BCUT2D eigenvalue weighted by Gasteiger charge is -2.14. The second kappa shape index (κ2) is 5.63. The van der Waals surface area contributed by atoms with Crippen LogP contribution in [0.3, 0.4) is 0 Å². The third-order valence-electron chi connectivity index (χ3n) is 2.28. The topological polar surface area (TPSA) is 24.9 Å². The minimum absolute atomic E-state index is 0.0199. The summed E-state index contributed by atoms with van der Waals surface area (Å²) in [5.41, 5.74) is 0. The molecule has 0 bridgehead atoms. The molecule has 0 saturated heterocycles. The number of nitrogens with zero attached hydrogens (tertiary/aromatic N) is 1. The first kappa shape index (κ1) is 13.4. The molecule has 0 aliphatic carbocycles. The van der Waals surface area contributed by atoms with Crippen LogP contribution in [-0.2, 0) is 0 Å². The van der Waals surface area contributed by atoms with E-state index in [1.165, 1.54) is 11.3 Å². The molecule has 1 rings (SSSR count). The highest BCUT2D eigenvalue weighted by atomic mass is 32.1. The first-order valence-corrected chi connectivity index (χ1v) is 5.90. The molecule has 0 aliphatic heterocycles. The zero-order chi connectivity index (χ0) is 12.2. The molecule has 1 atom stereocenters. The number of alkyl halides is 3. The van der Waals surface area contributed by atoms with E-state index in [9.17, 15) is 13.2 Å². The molecule has 0 spiro atoms. The summed E-state index contributed by atoms with van der Waals surface area (Å²) in [6, 6.07) is -0.0199. The predicted octanol–water partition coefficient (Wildman–Crippen LogP) is 3.44. The molecule has 0 saturated carbocycles. The molecule has 1 aromatic heterocycles. The molecule has 1 unspecified atom stereocenters. The van der Waals surface area contributed by atoms with E-state index < -0.39 is 12.6 Å². The molecule has 0 fully saturated rings. The van der Waals surface area contributed by atoms with Gasteiger partial charge in [0.15, 0.2) is 0 Å². The fourth-order valence-corrected chi connectivity index (χ4v) is 2.40. The van der Waals surface area contributed by atoms with Gasteiger partial charge in [0.2, 0.25) is 0 Å². The van der Waals surface area contributed by atoms with Crippen molar-refractivity contribution in [2.24, 2.45) is 0 Å². The van der Waals surface area contributed by atoms with E-state index in [1.807, 2.05) is 6.92 Å². The Morgan fingerprint density at radius 2 is 2.19 bits per heavy atom. The van der Waals surface area contributed by atoms with Crippen LogP contribution in [0.25, 0.3) is 0 Å². The van der Waals surface area contributed by atoms with Crippen LogP contribution in [0.2, 0.25) is 0 Å². The van der Waals surface area contributed by atoms with Gasteiger partial charge >= 0.3 is 6.18 Å². The molecule has 0 aromatic carbocycles. The van der Waals surface area contributed by atoms with Crippen molar-refractivity contribution in [1.29, 1.82) is 0 Å². The Morgan fingerprint density at radius 3 is 2.62 bits per heavy atom. The Morgan fingerprint density at radius 1 is 1.50 bits per heavy atom. The van der Waals surface area contributed by atoms with E-state index in [0.29, 0.717) is 6.42 Å². The standard InChI is InChI=1S/C10H15F3N2S/c1-7-15-6-9(16-7)8(14-2)4-3-5-10(11,12)13/h6,8,14H,3-5H2,1-2H3. The van der Waals surface area contributed by atoms with Crippen molar-refractivity contribution in [1.82, 2.24) is 10.3 Å². The number of aryl methyl sites for hydroxylation is 1. The maximum atomic E-state index is 12.0. The van der Waals surface area contributed by atoms with Gasteiger partial charge in [0.1, 0.15) is 0 Å². The number of rotatable bonds is 5. The number of nitrogens with one attached hydrogen (secondary N) is 1. The summed E-state index contributed by atoms with van der Waals surface area (Å²) in [7, 11) is 1.76. The zero-order valence-electron chi connectivity index (χ0n) is 9.27. The van der Waals surface area contributed by atoms with Crippen LogP contribution in [0.1, 0.15) is 35.2 Å². The third-order valence-corrected chi connectivity index (χ3v) is 3.31. The summed E-state index contributed by atoms with van der Waals surface area (Å²) in [4.78, 5) is 5.10. The molecule has 92 valence electrons. The van der Waals surface area contributed by atoms with Crippen molar-refractivity contribution in [3.8, 4) is 0 Å². The lowest BCUT2D eigenvalue weighted by Crippen LogP contribution is -2.16. The van der Waals surface area contributed by atoms with Crippen LogP contribution in [0.15, 0.2) is 6.20 Å². The van der Waals surface area contributed by atoms with Crippen LogP contribution in [0, 0.1) is 6.92 Å². The van der Waals surface area contributed by atoms with Gasteiger partial charge in [0.25, 0.3) is 0 Å². The van der Waals surface area contributed by atoms with Gasteiger partial charge in [-0.2, -0.15) is 13.2 Å². The van der Waals surface area contributed by atoms with Crippen molar-refractivity contribution >= 4 is 11.3 Å². The maximum Gasteiger partial charge on any atom is 0.389 e. The van der Waals surface area contributed by atoms with E-state index in [2.05, 4.69) is 10.3 Å². The van der Waals surface area contributed by atoms with Gasteiger partial charge in [-0.1, -0.05) is 0 Å². The molecule has 6 heteroatoms. The second-order valence-corrected chi connectivity index (χ2v) is 4.90. The monoisotopic (exact) mass is 252 g/mol. The zero-order valence-corrected chi connectivity index (χ0v) is 10.1. The molecular formula is C10H15F3N2S. The van der Waals surface area contributed by atoms with Crippen LogP contribution in [0.5, 0.6) is 0 Å². The quantitative estimate of drug-likeness (QED) is 0.868. The van der Waals surface area contributed by atoms with E-state index in [1.54, 1.807) is 13.2 Å². The minimum Gasteiger partial charge on any atom is -0.312 e. The summed E-state index contributed by atoms with van der Waals surface area (Å²) in [6.45, 7) is 1.89. The predicted molar refractivity (Wildman–Crippen MR) is 58.6 cm³/mol. The van der Waals surface area contributed by atoms with E-state index >= 15 is 0 Å². The number of hydrogen-bond donors (Lipinski definition) is 1. The highest BCUT2D eigenvalue weighted by Crippen LogP contribution is 2.28. The summed E-state index contributed by atoms with van der Waals surface area (Å²) in [6.07, 6.45) is -2.41. The fraction of sp³-hybridized carbons (Fsp3) is 0.700. The Hall–Kier alpha value is -0.620. The fourth-order valence-electron chi connectivity index (χ4n) is 1.47. The Balaban J connectivity index is 2.44. The van der Waals surface area contributed by atoms with Gasteiger partial charge in [0.05, 0.1) is 5.01 Å². The molecule has 16 heavy (non-hydrogen) atoms. The van der Waals surface area contributed by atoms with Gasteiger partial charge in [0, 0.05) is 23.5 Å². The molecule has 0 radical (unpaired) electrons. The largest absolute Gasteiger partial charge is 0.389 e. The first-order chi connectivity index (χ1) is 7.42. The summed E-state index contributed by atoms with van der Waals surface area (Å²) in [5, 5.41) is 3.96. The summed E-state index contributed by atoms with van der Waals surface area (Å²) < 4.78 is 36.0. The van der Waals surface area contributed by atoms with E-state index in [4.69, 9.17) is 0 Å². The van der Waals surface area contributed by atoms with Crippen molar-refractivity contribution in [2.75, 3.05) is 7.05 Å². The van der Waals surface area contributed by atoms with Crippen molar-refractivity contribution < 1.29 is 13.2 Å². The van der Waals surface area contributed by atoms with Crippen LogP contribution >= 0.6 is 11.3 Å². The van der Waals surface area contributed by atoms with Gasteiger partial charge in [-0.05, 0) is 26.8 Å². The lowest BCUT2D eigenvalue weighted by molar-refractivity contribution is -0.135. The number of hydrogen-bond acceptors (Lipinski definition) is 3. The minimum atomic E-state index is -4.05. The second-order valence-electron chi connectivity index (χ2n) is 3.63. The molecular weight excluding hydrogens is 237 g/mol. The average molecular weight is 252 g/mol. The molecule has 1 N–H and O–H groups in total. The van der Waals surface area contributed by atoms with Crippen LogP contribution < -0.4 is 5.32 Å². The average Bonchev–Trinajstić information content (AvgIpc) is 2.58. The normalized spacial score (nSPS) is 14.1. The Bertz CT molecular complexity index is 322. The summed E-state index contributed by atoms with van der Waals surface area (Å²) in [5.74, 6) is 0. The highest BCUT2D eigenvalue weighted by molar-refractivity contribution is 7.11. The summed E-state index contributed by atoms with van der Waals surface area (Å²) >= 11 is 1.52. The van der Waals surface area contributed by atoms with Crippen LogP contribution in [0.4, 0.5) is 13.2 Å². The number of halogens is 3. The number of thiazole rings is 1. The van der Waals surface area contributed by atoms with Crippen molar-refractivity contribution in [2.45, 2.75) is 38.4 Å². The molecule has 0 aliphatic rings. The maximum absolute atomic E-state index is 12.0. The van der Waals surface area contributed by atoms with E-state index in [-0.39, 0.29) is 12.5 Å². The highest BCUT2D eigenvalue weighted by Gasteiger charge is 2.26. The number of aromatic nitrogens is 1. The van der Waals surface area contributed by atoms with Gasteiger partial charge in [-0.25, -0.2) is 4.98 Å². The van der Waals surface area contributed by atoms with Crippen molar-refractivity contribution in [3.63, 3.8) is 0 Å². The molecule has 1 aromatic rings. The smallest absolute Gasteiger partial charge is 0.312 e.